The average Bonchev–Trinajstić information content (AvgIpc) is 3.38. The summed E-state index contributed by atoms with van der Waals surface area (Å²) in [5, 5.41) is 10.9. The van der Waals surface area contributed by atoms with Crippen molar-refractivity contribution in [3.05, 3.63) is 46.8 Å². The van der Waals surface area contributed by atoms with Gasteiger partial charge in [0.15, 0.2) is 5.96 Å². The molecule has 1 aromatic carbocycles. The summed E-state index contributed by atoms with van der Waals surface area (Å²) >= 11 is 0. The van der Waals surface area contributed by atoms with Gasteiger partial charge in [-0.15, -0.1) is 24.0 Å². The van der Waals surface area contributed by atoms with Gasteiger partial charge in [0.25, 0.3) is 0 Å². The summed E-state index contributed by atoms with van der Waals surface area (Å²) in [7, 11) is 3.52. The molecule has 30 heavy (non-hydrogen) atoms. The third kappa shape index (κ3) is 6.34. The van der Waals surface area contributed by atoms with E-state index in [1.54, 1.807) is 7.11 Å². The molecule has 8 heteroatoms. The summed E-state index contributed by atoms with van der Waals surface area (Å²) in [4.78, 5) is 6.93. The molecule has 0 amide bonds. The summed E-state index contributed by atoms with van der Waals surface area (Å²) in [5.74, 6) is 2.59. The van der Waals surface area contributed by atoms with Crippen molar-refractivity contribution in [2.24, 2.45) is 4.99 Å². The fraction of sp³-hybridized carbons (Fsp3) is 0.545. The summed E-state index contributed by atoms with van der Waals surface area (Å²) in [5.41, 5.74) is 3.39. The van der Waals surface area contributed by atoms with Gasteiger partial charge in [-0.1, -0.05) is 17.3 Å². The van der Waals surface area contributed by atoms with E-state index in [1.165, 1.54) is 24.0 Å². The Bertz CT molecular complexity index is 798. The third-order valence-electron chi connectivity index (χ3n) is 5.60. The maximum atomic E-state index is 5.43. The van der Waals surface area contributed by atoms with Gasteiger partial charge in [-0.2, -0.15) is 0 Å². The van der Waals surface area contributed by atoms with Crippen LogP contribution in [0.3, 0.4) is 0 Å². The summed E-state index contributed by atoms with van der Waals surface area (Å²) in [6.45, 7) is 7.75. The van der Waals surface area contributed by atoms with Gasteiger partial charge in [0, 0.05) is 25.7 Å². The van der Waals surface area contributed by atoms with E-state index < -0.39 is 0 Å². The molecule has 1 unspecified atom stereocenters. The SMILES string of the molecule is CN=C(NCCc1c(C)noc1C)NCC(c1cccc(OC)c1)N1CCCC1.I. The van der Waals surface area contributed by atoms with Crippen molar-refractivity contribution >= 4 is 29.9 Å². The maximum absolute atomic E-state index is 5.43. The van der Waals surface area contributed by atoms with Crippen LogP contribution in [0.4, 0.5) is 0 Å². The molecule has 1 fully saturated rings. The molecule has 1 aliphatic heterocycles. The molecule has 1 aliphatic rings. The van der Waals surface area contributed by atoms with Crippen molar-refractivity contribution < 1.29 is 9.26 Å². The van der Waals surface area contributed by atoms with Gasteiger partial charge in [-0.3, -0.25) is 9.89 Å². The Kier molecular flexibility index (Phi) is 9.90. The molecule has 2 heterocycles. The molecule has 0 aliphatic carbocycles. The van der Waals surface area contributed by atoms with Gasteiger partial charge < -0.3 is 19.9 Å². The minimum absolute atomic E-state index is 0. The number of aryl methyl sites for hydroxylation is 2. The second-order valence-electron chi connectivity index (χ2n) is 7.47. The van der Waals surface area contributed by atoms with Crippen molar-refractivity contribution in [1.82, 2.24) is 20.7 Å². The fourth-order valence-electron chi connectivity index (χ4n) is 3.94. The minimum atomic E-state index is 0. The third-order valence-corrected chi connectivity index (χ3v) is 5.60. The highest BCUT2D eigenvalue weighted by Gasteiger charge is 2.24. The molecular weight excluding hydrogens is 493 g/mol. The van der Waals surface area contributed by atoms with Gasteiger partial charge in [0.2, 0.25) is 0 Å². The van der Waals surface area contributed by atoms with E-state index in [0.29, 0.717) is 0 Å². The normalized spacial score (nSPS) is 15.5. The average molecular weight is 527 g/mol. The van der Waals surface area contributed by atoms with Crippen LogP contribution in [-0.2, 0) is 6.42 Å². The molecule has 0 bridgehead atoms. The molecular formula is C22H34IN5O2. The zero-order chi connectivity index (χ0) is 20.6. The first-order chi connectivity index (χ1) is 14.1. The van der Waals surface area contributed by atoms with Crippen LogP contribution in [-0.4, -0.2) is 56.4 Å². The number of hydrogen-bond acceptors (Lipinski definition) is 5. The lowest BCUT2D eigenvalue weighted by molar-refractivity contribution is 0.245. The number of halogens is 1. The molecule has 0 radical (unpaired) electrons. The fourth-order valence-corrected chi connectivity index (χ4v) is 3.94. The smallest absolute Gasteiger partial charge is 0.191 e. The van der Waals surface area contributed by atoms with Crippen LogP contribution < -0.4 is 15.4 Å². The standard InChI is InChI=1S/C22H33N5O2.HI/c1-16-20(17(2)29-26-16)10-11-24-22(23-3)25-15-21(27-12-5-6-13-27)18-8-7-9-19(14-18)28-4;/h7-9,14,21H,5-6,10-13,15H2,1-4H3,(H2,23,24,25);1H. The lowest BCUT2D eigenvalue weighted by atomic mass is 10.1. The lowest BCUT2D eigenvalue weighted by Gasteiger charge is -2.29. The number of aromatic nitrogens is 1. The Morgan fingerprint density at radius 3 is 2.67 bits per heavy atom. The van der Waals surface area contributed by atoms with Crippen LogP contribution in [0.5, 0.6) is 5.75 Å². The van der Waals surface area contributed by atoms with E-state index in [9.17, 15) is 0 Å². The zero-order valence-corrected chi connectivity index (χ0v) is 20.7. The Labute approximate surface area is 196 Å². The van der Waals surface area contributed by atoms with Crippen LogP contribution in [0.1, 0.15) is 41.5 Å². The van der Waals surface area contributed by atoms with Crippen LogP contribution in [0, 0.1) is 13.8 Å². The number of ether oxygens (including phenoxy) is 1. The van der Waals surface area contributed by atoms with E-state index in [2.05, 4.69) is 43.9 Å². The number of benzene rings is 1. The number of hydrogen-bond donors (Lipinski definition) is 2. The second kappa shape index (κ2) is 12.1. The summed E-state index contributed by atoms with van der Waals surface area (Å²) < 4.78 is 10.7. The maximum Gasteiger partial charge on any atom is 0.191 e. The molecule has 2 aromatic rings. The van der Waals surface area contributed by atoms with Gasteiger partial charge in [0.1, 0.15) is 11.5 Å². The van der Waals surface area contributed by atoms with Gasteiger partial charge >= 0.3 is 0 Å². The molecule has 166 valence electrons. The first kappa shape index (κ1) is 24.5. The predicted octanol–water partition coefficient (Wildman–Crippen LogP) is 3.46. The minimum Gasteiger partial charge on any atom is -0.497 e. The Balaban J connectivity index is 0.00000320. The largest absolute Gasteiger partial charge is 0.497 e. The van der Waals surface area contributed by atoms with Crippen molar-refractivity contribution in [1.29, 1.82) is 0 Å². The van der Waals surface area contributed by atoms with E-state index >= 15 is 0 Å². The number of guanidine groups is 1. The van der Waals surface area contributed by atoms with Crippen molar-refractivity contribution in [2.45, 2.75) is 39.2 Å². The van der Waals surface area contributed by atoms with Gasteiger partial charge in [-0.05, 0) is 63.9 Å². The number of aliphatic imine (C=N–C) groups is 1. The Morgan fingerprint density at radius 1 is 1.27 bits per heavy atom. The molecule has 3 rings (SSSR count). The Morgan fingerprint density at radius 2 is 2.03 bits per heavy atom. The van der Waals surface area contributed by atoms with Crippen LogP contribution in [0.2, 0.25) is 0 Å². The predicted molar refractivity (Wildman–Crippen MR) is 131 cm³/mol. The van der Waals surface area contributed by atoms with E-state index in [-0.39, 0.29) is 30.0 Å². The number of likely N-dealkylation sites (tertiary alicyclic amines) is 1. The molecule has 0 saturated carbocycles. The van der Waals surface area contributed by atoms with Crippen LogP contribution >= 0.6 is 24.0 Å². The van der Waals surface area contributed by atoms with Gasteiger partial charge in [-0.25, -0.2) is 0 Å². The number of nitrogens with zero attached hydrogens (tertiary/aromatic N) is 3. The van der Waals surface area contributed by atoms with Gasteiger partial charge in [0.05, 0.1) is 18.8 Å². The van der Waals surface area contributed by atoms with Crippen molar-refractivity contribution in [3.8, 4) is 5.75 Å². The highest BCUT2D eigenvalue weighted by molar-refractivity contribution is 14.0. The lowest BCUT2D eigenvalue weighted by Crippen LogP contribution is -2.43. The number of methoxy groups -OCH3 is 1. The molecule has 1 saturated heterocycles. The highest BCUT2D eigenvalue weighted by atomic mass is 127. The quantitative estimate of drug-likeness (QED) is 0.311. The monoisotopic (exact) mass is 527 g/mol. The van der Waals surface area contributed by atoms with Crippen LogP contribution in [0.25, 0.3) is 0 Å². The molecule has 1 aromatic heterocycles. The first-order valence-corrected chi connectivity index (χ1v) is 10.4. The number of nitrogens with one attached hydrogen (secondary N) is 2. The number of rotatable bonds is 8. The summed E-state index contributed by atoms with van der Waals surface area (Å²) in [6.07, 6.45) is 3.36. The molecule has 0 spiro atoms. The summed E-state index contributed by atoms with van der Waals surface area (Å²) in [6, 6.07) is 8.66. The first-order valence-electron chi connectivity index (χ1n) is 10.4. The van der Waals surface area contributed by atoms with Crippen molar-refractivity contribution in [2.75, 3.05) is 40.3 Å². The molecule has 2 N–H and O–H groups in total. The zero-order valence-electron chi connectivity index (χ0n) is 18.4. The highest BCUT2D eigenvalue weighted by Crippen LogP contribution is 2.27. The molecule has 7 nitrogen and oxygen atoms in total. The van der Waals surface area contributed by atoms with E-state index in [4.69, 9.17) is 9.26 Å². The second-order valence-corrected chi connectivity index (χ2v) is 7.47. The van der Waals surface area contributed by atoms with Crippen LogP contribution in [0.15, 0.2) is 33.8 Å². The Hall–Kier alpha value is -1.81. The topological polar surface area (TPSA) is 74.9 Å². The molecule has 1 atom stereocenters. The van der Waals surface area contributed by atoms with Crippen molar-refractivity contribution in [3.63, 3.8) is 0 Å². The van der Waals surface area contributed by atoms with E-state index in [0.717, 1.165) is 55.8 Å². The van der Waals surface area contributed by atoms with E-state index in [1.807, 2.05) is 27.0 Å².